The molecule has 0 radical (unpaired) electrons. The van der Waals surface area contributed by atoms with Crippen molar-refractivity contribution < 1.29 is 23.8 Å². The molecule has 142 valence electrons. The molecule has 2 aromatic carbocycles. The van der Waals surface area contributed by atoms with E-state index < -0.39 is 11.8 Å². The fourth-order valence-electron chi connectivity index (χ4n) is 2.12. The molecular weight excluding hydrogens is 350 g/mol. The lowest BCUT2D eigenvalue weighted by Gasteiger charge is -2.09. The molecule has 0 saturated heterocycles. The van der Waals surface area contributed by atoms with Crippen LogP contribution in [0.4, 0.5) is 5.69 Å². The quantitative estimate of drug-likeness (QED) is 0.442. The van der Waals surface area contributed by atoms with Crippen molar-refractivity contribution in [2.75, 3.05) is 26.1 Å². The summed E-state index contributed by atoms with van der Waals surface area (Å²) < 4.78 is 15.7. The highest BCUT2D eigenvalue weighted by atomic mass is 16.5. The third kappa shape index (κ3) is 5.74. The Kier molecular flexibility index (Phi) is 7.18. The summed E-state index contributed by atoms with van der Waals surface area (Å²) in [6.07, 6.45) is 1.40. The summed E-state index contributed by atoms with van der Waals surface area (Å²) in [6, 6.07) is 11.8. The molecule has 0 saturated carbocycles. The number of methoxy groups -OCH3 is 2. The van der Waals surface area contributed by atoms with Crippen molar-refractivity contribution in [1.29, 1.82) is 0 Å². The standard InChI is InChI=1S/C19H21N3O5/c1-4-27-17-11-13(5-10-16(17)26-3)12-20-22-19(24)18(23)21-14-6-8-15(25-2)9-7-14/h5-12H,4H2,1-3H3,(H,21,23)(H,22,24)/b20-12-. The first-order valence-corrected chi connectivity index (χ1v) is 8.16. The highest BCUT2D eigenvalue weighted by Gasteiger charge is 2.13. The zero-order valence-electron chi connectivity index (χ0n) is 15.3. The molecule has 0 fully saturated rings. The maximum absolute atomic E-state index is 11.9. The van der Waals surface area contributed by atoms with Gasteiger partial charge >= 0.3 is 11.8 Å². The Hall–Kier alpha value is -3.55. The molecule has 0 aliphatic carbocycles. The molecule has 0 bridgehead atoms. The summed E-state index contributed by atoms with van der Waals surface area (Å²) in [4.78, 5) is 23.7. The molecule has 0 aliphatic heterocycles. The number of benzene rings is 2. The number of hydrogen-bond acceptors (Lipinski definition) is 6. The minimum absolute atomic E-state index is 0.469. The lowest BCUT2D eigenvalue weighted by Crippen LogP contribution is -2.32. The van der Waals surface area contributed by atoms with E-state index in [4.69, 9.17) is 14.2 Å². The molecule has 2 amide bonds. The van der Waals surface area contributed by atoms with Crippen LogP contribution in [0.3, 0.4) is 0 Å². The number of hydrazone groups is 1. The molecule has 0 spiro atoms. The summed E-state index contributed by atoms with van der Waals surface area (Å²) in [6.45, 7) is 2.35. The highest BCUT2D eigenvalue weighted by Crippen LogP contribution is 2.27. The smallest absolute Gasteiger partial charge is 0.329 e. The van der Waals surface area contributed by atoms with Crippen molar-refractivity contribution in [1.82, 2.24) is 5.43 Å². The van der Waals surface area contributed by atoms with E-state index in [1.807, 2.05) is 6.92 Å². The van der Waals surface area contributed by atoms with Gasteiger partial charge in [-0.05, 0) is 55.0 Å². The lowest BCUT2D eigenvalue weighted by molar-refractivity contribution is -0.136. The van der Waals surface area contributed by atoms with E-state index >= 15 is 0 Å². The van der Waals surface area contributed by atoms with Crippen molar-refractivity contribution in [3.8, 4) is 17.2 Å². The number of amides is 2. The van der Waals surface area contributed by atoms with E-state index in [-0.39, 0.29) is 0 Å². The molecular formula is C19H21N3O5. The fourth-order valence-corrected chi connectivity index (χ4v) is 2.12. The summed E-state index contributed by atoms with van der Waals surface area (Å²) in [5.74, 6) is 0.0834. The number of nitrogens with one attached hydrogen (secondary N) is 2. The van der Waals surface area contributed by atoms with E-state index in [1.54, 1.807) is 56.7 Å². The van der Waals surface area contributed by atoms with Gasteiger partial charge in [0.1, 0.15) is 5.75 Å². The average molecular weight is 371 g/mol. The predicted molar refractivity (Wildman–Crippen MR) is 102 cm³/mol. The van der Waals surface area contributed by atoms with Crippen molar-refractivity contribution in [2.45, 2.75) is 6.92 Å². The van der Waals surface area contributed by atoms with Crippen LogP contribution in [0, 0.1) is 0 Å². The Balaban J connectivity index is 1.93. The fraction of sp³-hybridized carbons (Fsp3) is 0.211. The first-order chi connectivity index (χ1) is 13.1. The lowest BCUT2D eigenvalue weighted by atomic mass is 10.2. The number of ether oxygens (including phenoxy) is 3. The van der Waals surface area contributed by atoms with Gasteiger partial charge in [0.05, 0.1) is 27.0 Å². The topological polar surface area (TPSA) is 98.2 Å². The van der Waals surface area contributed by atoms with Crippen LogP contribution in [0.5, 0.6) is 17.2 Å². The van der Waals surface area contributed by atoms with Gasteiger partial charge in [0.15, 0.2) is 11.5 Å². The predicted octanol–water partition coefficient (Wildman–Crippen LogP) is 2.19. The molecule has 0 unspecified atom stereocenters. The second-order valence-electron chi connectivity index (χ2n) is 5.23. The van der Waals surface area contributed by atoms with Gasteiger partial charge in [-0.3, -0.25) is 9.59 Å². The van der Waals surface area contributed by atoms with E-state index in [9.17, 15) is 9.59 Å². The first-order valence-electron chi connectivity index (χ1n) is 8.16. The van der Waals surface area contributed by atoms with Crippen LogP contribution in [-0.2, 0) is 9.59 Å². The minimum atomic E-state index is -0.888. The zero-order chi connectivity index (χ0) is 19.6. The maximum atomic E-state index is 11.9. The second-order valence-corrected chi connectivity index (χ2v) is 5.23. The van der Waals surface area contributed by atoms with Gasteiger partial charge in [-0.1, -0.05) is 0 Å². The van der Waals surface area contributed by atoms with Gasteiger partial charge in [0.2, 0.25) is 0 Å². The van der Waals surface area contributed by atoms with Crippen LogP contribution in [0.2, 0.25) is 0 Å². The third-order valence-electron chi connectivity index (χ3n) is 3.42. The van der Waals surface area contributed by atoms with Gasteiger partial charge in [-0.25, -0.2) is 5.43 Å². The Morgan fingerprint density at radius 1 is 1.00 bits per heavy atom. The molecule has 2 aromatic rings. The summed E-state index contributed by atoms with van der Waals surface area (Å²) in [7, 11) is 3.09. The Bertz CT molecular complexity index is 819. The molecule has 8 nitrogen and oxygen atoms in total. The second kappa shape index (κ2) is 9.81. The summed E-state index contributed by atoms with van der Waals surface area (Å²) in [5.41, 5.74) is 3.32. The van der Waals surface area contributed by atoms with Crippen LogP contribution in [0.15, 0.2) is 47.6 Å². The Labute approximate surface area is 157 Å². The van der Waals surface area contributed by atoms with Crippen LogP contribution >= 0.6 is 0 Å². The molecule has 0 heterocycles. The largest absolute Gasteiger partial charge is 0.497 e. The number of rotatable bonds is 7. The molecule has 0 atom stereocenters. The molecule has 0 aromatic heterocycles. The number of hydrogen-bond donors (Lipinski definition) is 2. The average Bonchev–Trinajstić information content (AvgIpc) is 2.69. The molecule has 8 heteroatoms. The molecule has 0 aliphatic rings. The van der Waals surface area contributed by atoms with E-state index in [0.29, 0.717) is 35.1 Å². The maximum Gasteiger partial charge on any atom is 0.329 e. The number of carbonyl (C=O) groups excluding carboxylic acids is 2. The van der Waals surface area contributed by atoms with Crippen molar-refractivity contribution in [3.05, 3.63) is 48.0 Å². The summed E-state index contributed by atoms with van der Waals surface area (Å²) in [5, 5.41) is 6.25. The molecule has 27 heavy (non-hydrogen) atoms. The van der Waals surface area contributed by atoms with Gasteiger partial charge in [-0.15, -0.1) is 0 Å². The summed E-state index contributed by atoms with van der Waals surface area (Å²) >= 11 is 0. The first kappa shape index (κ1) is 19.8. The number of nitrogens with zero attached hydrogens (tertiary/aromatic N) is 1. The van der Waals surface area contributed by atoms with Crippen LogP contribution in [0.25, 0.3) is 0 Å². The van der Waals surface area contributed by atoms with Crippen molar-refractivity contribution in [2.24, 2.45) is 5.10 Å². The van der Waals surface area contributed by atoms with Crippen LogP contribution in [-0.4, -0.2) is 38.9 Å². The third-order valence-corrected chi connectivity index (χ3v) is 3.42. The van der Waals surface area contributed by atoms with E-state index in [1.165, 1.54) is 6.21 Å². The Morgan fingerprint density at radius 2 is 1.74 bits per heavy atom. The van der Waals surface area contributed by atoms with E-state index in [0.717, 1.165) is 0 Å². The van der Waals surface area contributed by atoms with Gasteiger partial charge in [0, 0.05) is 5.69 Å². The van der Waals surface area contributed by atoms with E-state index in [2.05, 4.69) is 15.8 Å². The molecule has 2 N–H and O–H groups in total. The normalized spacial score (nSPS) is 10.3. The van der Waals surface area contributed by atoms with Crippen LogP contribution < -0.4 is 25.0 Å². The van der Waals surface area contributed by atoms with Gasteiger partial charge in [-0.2, -0.15) is 5.10 Å². The Morgan fingerprint density at radius 3 is 2.37 bits per heavy atom. The van der Waals surface area contributed by atoms with Crippen molar-refractivity contribution in [3.63, 3.8) is 0 Å². The minimum Gasteiger partial charge on any atom is -0.497 e. The van der Waals surface area contributed by atoms with Gasteiger partial charge < -0.3 is 19.5 Å². The zero-order valence-corrected chi connectivity index (χ0v) is 15.3. The monoisotopic (exact) mass is 371 g/mol. The SMILES string of the molecule is CCOc1cc(/C=N\NC(=O)C(=O)Nc2ccc(OC)cc2)ccc1OC. The van der Waals surface area contributed by atoms with Crippen LogP contribution in [0.1, 0.15) is 12.5 Å². The highest BCUT2D eigenvalue weighted by molar-refractivity contribution is 6.39. The van der Waals surface area contributed by atoms with Crippen molar-refractivity contribution >= 4 is 23.7 Å². The van der Waals surface area contributed by atoms with Gasteiger partial charge in [0.25, 0.3) is 0 Å². The molecule has 2 rings (SSSR count). The number of anilines is 1. The number of carbonyl (C=O) groups is 2.